The maximum Gasteiger partial charge on any atom is 0.253 e. The van der Waals surface area contributed by atoms with Crippen molar-refractivity contribution in [1.82, 2.24) is 14.8 Å². The van der Waals surface area contributed by atoms with E-state index in [1.807, 2.05) is 48.7 Å². The third-order valence-electron chi connectivity index (χ3n) is 8.68. The molecule has 2 aromatic carbocycles. The molecule has 1 aromatic heterocycles. The number of methoxy groups -OCH3 is 1. The normalized spacial score (nSPS) is 21.2. The molecule has 0 aliphatic carbocycles. The molecule has 6 heteroatoms. The number of para-hydroxylation sites is 1. The molecule has 0 spiro atoms. The van der Waals surface area contributed by atoms with Crippen LogP contribution >= 0.6 is 11.6 Å². The molecule has 1 amide bonds. The van der Waals surface area contributed by atoms with Crippen molar-refractivity contribution in [1.29, 1.82) is 0 Å². The lowest BCUT2D eigenvalue weighted by molar-refractivity contribution is 0.0952. The fraction of sp³-hybridized carbons (Fsp3) is 0.531. The lowest BCUT2D eigenvalue weighted by Crippen LogP contribution is -2.43. The molecule has 1 N–H and O–H groups in total. The molecule has 0 saturated carbocycles. The summed E-state index contributed by atoms with van der Waals surface area (Å²) in [4.78, 5) is 16.1. The summed E-state index contributed by atoms with van der Waals surface area (Å²) in [6, 6.07) is 15.1. The van der Waals surface area contributed by atoms with Gasteiger partial charge in [-0.1, -0.05) is 68.5 Å². The number of amides is 1. The predicted octanol–water partition coefficient (Wildman–Crippen LogP) is 7.45. The number of piperidine rings is 1. The topological polar surface area (TPSA) is 46.5 Å². The lowest BCUT2D eigenvalue weighted by Gasteiger charge is -2.39. The van der Waals surface area contributed by atoms with Crippen molar-refractivity contribution in [2.45, 2.75) is 89.9 Å². The first-order chi connectivity index (χ1) is 18.6. The number of unbranched alkanes of at least 4 members (excludes halogenated alkanes) is 2. The van der Waals surface area contributed by atoms with Crippen molar-refractivity contribution >= 4 is 28.4 Å². The lowest BCUT2D eigenvalue weighted by atomic mass is 9.86. The van der Waals surface area contributed by atoms with Crippen molar-refractivity contribution in [3.63, 3.8) is 0 Å². The molecular weight excluding hydrogens is 494 g/mol. The molecule has 2 fully saturated rings. The van der Waals surface area contributed by atoms with Crippen LogP contribution in [0.1, 0.15) is 80.6 Å². The van der Waals surface area contributed by atoms with Gasteiger partial charge >= 0.3 is 0 Å². The number of carbonyl (C=O) groups excluding carboxylic acids is 1. The number of fused-ring (bicyclic) bond motifs is 3. The minimum absolute atomic E-state index is 0.0785. The highest BCUT2D eigenvalue weighted by Crippen LogP contribution is 2.40. The van der Waals surface area contributed by atoms with Gasteiger partial charge in [-0.3, -0.25) is 9.69 Å². The second-order valence-corrected chi connectivity index (χ2v) is 11.7. The van der Waals surface area contributed by atoms with E-state index in [2.05, 4.69) is 21.7 Å². The Kier molecular flexibility index (Phi) is 8.96. The minimum atomic E-state index is -0.0785. The van der Waals surface area contributed by atoms with Crippen LogP contribution in [0.3, 0.4) is 0 Å². The van der Waals surface area contributed by atoms with E-state index in [-0.39, 0.29) is 5.91 Å². The third-order valence-corrected chi connectivity index (χ3v) is 8.92. The average molecular weight is 536 g/mol. The van der Waals surface area contributed by atoms with E-state index >= 15 is 0 Å². The molecule has 2 bridgehead atoms. The molecule has 2 atom stereocenters. The Labute approximate surface area is 232 Å². The zero-order valence-electron chi connectivity index (χ0n) is 22.9. The molecule has 5 rings (SSSR count). The third kappa shape index (κ3) is 6.05. The summed E-state index contributed by atoms with van der Waals surface area (Å²) < 4.78 is 7.94. The van der Waals surface area contributed by atoms with Gasteiger partial charge in [-0.25, -0.2) is 0 Å². The number of ether oxygens (including phenoxy) is 1. The number of halogens is 1. The second kappa shape index (κ2) is 12.6. The number of hydrogen-bond donors (Lipinski definition) is 1. The number of hydrogen-bond acceptors (Lipinski definition) is 3. The maximum absolute atomic E-state index is 13.3. The van der Waals surface area contributed by atoms with Crippen LogP contribution < -0.4 is 10.1 Å². The van der Waals surface area contributed by atoms with Gasteiger partial charge in [0.1, 0.15) is 5.75 Å². The minimum Gasteiger partial charge on any atom is -0.495 e. The number of benzene rings is 2. The zero-order valence-corrected chi connectivity index (χ0v) is 23.7. The summed E-state index contributed by atoms with van der Waals surface area (Å²) >= 11 is 6.12. The van der Waals surface area contributed by atoms with Crippen LogP contribution in [0, 0.1) is 5.92 Å². The van der Waals surface area contributed by atoms with E-state index in [1.54, 1.807) is 7.11 Å². The molecule has 2 saturated heterocycles. The number of nitrogens with zero attached hydrogens (tertiary/aromatic N) is 2. The molecule has 2 aliphatic heterocycles. The summed E-state index contributed by atoms with van der Waals surface area (Å²) in [6.45, 7) is 4.73. The smallest absolute Gasteiger partial charge is 0.253 e. The van der Waals surface area contributed by atoms with Gasteiger partial charge in [0.2, 0.25) is 0 Å². The van der Waals surface area contributed by atoms with Gasteiger partial charge in [-0.05, 0) is 61.8 Å². The standard InChI is InChI=1S/C32H42ClN3O2/c1-3-4-5-9-23-19-26-14-15-27(20-23)36(26)17-8-16-35-22-29(28-12-7-13-30(38-2)31(28)35)32(37)34-21-24-10-6-11-25(33)18-24/h6-7,10-13,18,22-23,26-27H,3-5,8-9,14-17,19-21H2,1-2H3,(H,34,37). The van der Waals surface area contributed by atoms with Crippen LogP contribution in [0.5, 0.6) is 5.75 Å². The summed E-state index contributed by atoms with van der Waals surface area (Å²) in [6.07, 6.45) is 14.1. The van der Waals surface area contributed by atoms with Crippen LogP contribution in [-0.4, -0.2) is 41.1 Å². The van der Waals surface area contributed by atoms with Gasteiger partial charge < -0.3 is 14.6 Å². The zero-order chi connectivity index (χ0) is 26.5. The molecule has 204 valence electrons. The van der Waals surface area contributed by atoms with Crippen molar-refractivity contribution in [2.75, 3.05) is 13.7 Å². The Morgan fingerprint density at radius 2 is 1.84 bits per heavy atom. The molecule has 2 aliphatic rings. The van der Waals surface area contributed by atoms with Crippen molar-refractivity contribution in [2.24, 2.45) is 5.92 Å². The first kappa shape index (κ1) is 27.1. The van der Waals surface area contributed by atoms with Crippen LogP contribution in [0.15, 0.2) is 48.7 Å². The Bertz CT molecular complexity index is 1220. The Hall–Kier alpha value is -2.50. The van der Waals surface area contributed by atoms with E-state index in [1.165, 1.54) is 51.4 Å². The van der Waals surface area contributed by atoms with Gasteiger partial charge in [-0.2, -0.15) is 0 Å². The number of aromatic nitrogens is 1. The predicted molar refractivity (Wildman–Crippen MR) is 156 cm³/mol. The fourth-order valence-electron chi connectivity index (χ4n) is 6.87. The van der Waals surface area contributed by atoms with Crippen molar-refractivity contribution < 1.29 is 9.53 Å². The van der Waals surface area contributed by atoms with E-state index < -0.39 is 0 Å². The second-order valence-electron chi connectivity index (χ2n) is 11.2. The number of aryl methyl sites for hydroxylation is 1. The van der Waals surface area contributed by atoms with E-state index in [4.69, 9.17) is 16.3 Å². The number of nitrogens with one attached hydrogen (secondary N) is 1. The van der Waals surface area contributed by atoms with Gasteiger partial charge in [-0.15, -0.1) is 0 Å². The van der Waals surface area contributed by atoms with E-state index in [0.717, 1.165) is 59.7 Å². The number of carbonyl (C=O) groups is 1. The first-order valence-corrected chi connectivity index (χ1v) is 14.9. The number of rotatable bonds is 12. The Morgan fingerprint density at radius 1 is 1.05 bits per heavy atom. The van der Waals surface area contributed by atoms with Crippen LogP contribution in [-0.2, 0) is 13.1 Å². The highest BCUT2D eigenvalue weighted by atomic mass is 35.5. The Balaban J connectivity index is 1.24. The Morgan fingerprint density at radius 3 is 2.58 bits per heavy atom. The SMILES string of the molecule is CCCCCC1CC2CCC(C1)N2CCCn1cc(C(=O)NCc2cccc(Cl)c2)c2cccc(OC)c21. The molecule has 38 heavy (non-hydrogen) atoms. The van der Waals surface area contributed by atoms with Gasteiger partial charge in [0.25, 0.3) is 5.91 Å². The first-order valence-electron chi connectivity index (χ1n) is 14.5. The summed E-state index contributed by atoms with van der Waals surface area (Å²) in [5.74, 6) is 1.66. The van der Waals surface area contributed by atoms with Gasteiger partial charge in [0, 0.05) is 48.3 Å². The maximum atomic E-state index is 13.3. The largest absolute Gasteiger partial charge is 0.495 e. The molecule has 5 nitrogen and oxygen atoms in total. The van der Waals surface area contributed by atoms with Crippen LogP contribution in [0.2, 0.25) is 5.02 Å². The van der Waals surface area contributed by atoms with E-state index in [0.29, 0.717) is 17.1 Å². The monoisotopic (exact) mass is 535 g/mol. The summed E-state index contributed by atoms with van der Waals surface area (Å²) in [7, 11) is 1.70. The summed E-state index contributed by atoms with van der Waals surface area (Å²) in [5.41, 5.74) is 2.67. The molecule has 0 radical (unpaired) electrons. The molecular formula is C32H42ClN3O2. The average Bonchev–Trinajstić information content (AvgIpc) is 3.41. The highest BCUT2D eigenvalue weighted by molar-refractivity contribution is 6.30. The van der Waals surface area contributed by atoms with Crippen LogP contribution in [0.4, 0.5) is 0 Å². The molecule has 3 heterocycles. The molecule has 2 unspecified atom stereocenters. The van der Waals surface area contributed by atoms with E-state index in [9.17, 15) is 4.79 Å². The van der Waals surface area contributed by atoms with Gasteiger partial charge in [0.15, 0.2) is 0 Å². The van der Waals surface area contributed by atoms with Crippen molar-refractivity contribution in [3.8, 4) is 5.75 Å². The van der Waals surface area contributed by atoms with Gasteiger partial charge in [0.05, 0.1) is 18.2 Å². The summed E-state index contributed by atoms with van der Waals surface area (Å²) in [5, 5.41) is 4.68. The molecule has 3 aromatic rings. The van der Waals surface area contributed by atoms with Crippen molar-refractivity contribution in [3.05, 3.63) is 64.8 Å². The quantitative estimate of drug-likeness (QED) is 0.245. The fourth-order valence-corrected chi connectivity index (χ4v) is 7.08. The highest BCUT2D eigenvalue weighted by Gasteiger charge is 2.39. The van der Waals surface area contributed by atoms with Crippen LogP contribution in [0.25, 0.3) is 10.9 Å².